The molecular weight excluding hydrogens is 499 g/mol. The Bertz CT molecular complexity index is 1340. The molecule has 1 heterocycles. The number of carbonyl (C=O) groups is 1. The van der Waals surface area contributed by atoms with E-state index in [4.69, 9.17) is 37.8 Å². The van der Waals surface area contributed by atoms with Crippen LogP contribution in [-0.2, 0) is 4.79 Å². The van der Waals surface area contributed by atoms with Gasteiger partial charge in [0.05, 0.1) is 23.5 Å². The number of halogens is 2. The number of aromatic nitrogens is 2. The van der Waals surface area contributed by atoms with Crippen LogP contribution >= 0.6 is 23.2 Å². The van der Waals surface area contributed by atoms with Crippen molar-refractivity contribution in [3.8, 4) is 28.4 Å². The van der Waals surface area contributed by atoms with E-state index in [1.54, 1.807) is 29.1 Å². The van der Waals surface area contributed by atoms with Crippen molar-refractivity contribution in [3.63, 3.8) is 0 Å². The monoisotopic (exact) mass is 522 g/mol. The molecule has 0 saturated heterocycles. The van der Waals surface area contributed by atoms with Crippen LogP contribution < -0.4 is 14.9 Å². The molecule has 4 rings (SSSR count). The quantitative estimate of drug-likeness (QED) is 0.199. The van der Waals surface area contributed by atoms with Crippen molar-refractivity contribution >= 4 is 35.3 Å². The van der Waals surface area contributed by atoms with Crippen LogP contribution in [0.2, 0.25) is 10.0 Å². The van der Waals surface area contributed by atoms with Gasteiger partial charge in [-0.1, -0.05) is 48.3 Å². The van der Waals surface area contributed by atoms with Crippen LogP contribution in [0.4, 0.5) is 0 Å². The lowest BCUT2D eigenvalue weighted by molar-refractivity contribution is -0.123. The number of para-hydroxylation sites is 1. The van der Waals surface area contributed by atoms with E-state index < -0.39 is 5.91 Å². The lowest BCUT2D eigenvalue weighted by Crippen LogP contribution is -2.24. The van der Waals surface area contributed by atoms with Crippen LogP contribution in [0, 0.1) is 0 Å². The molecule has 0 radical (unpaired) electrons. The predicted molar refractivity (Wildman–Crippen MR) is 142 cm³/mol. The van der Waals surface area contributed by atoms with Gasteiger partial charge in [0, 0.05) is 22.3 Å². The summed E-state index contributed by atoms with van der Waals surface area (Å²) in [5.41, 5.74) is 5.70. The van der Waals surface area contributed by atoms with Crippen LogP contribution in [0.5, 0.6) is 11.5 Å². The van der Waals surface area contributed by atoms with Gasteiger partial charge in [-0.15, -0.1) is 0 Å². The van der Waals surface area contributed by atoms with Crippen LogP contribution in [0.1, 0.15) is 18.9 Å². The molecule has 0 unspecified atom stereocenters. The standard InChI is InChI=1S/C27H24Cl2N4O3/c1-2-14-35-23-11-8-19(9-12-23)27-20(17-33(32-27)22-6-4-3-5-7-22)16-30-31-26(34)18-36-25-13-10-21(28)15-24(25)29/h3-13,15-17H,2,14,18H2,1H3,(H,31,34)/b30-16+. The number of nitrogens with zero attached hydrogens (tertiary/aromatic N) is 3. The molecule has 184 valence electrons. The number of hydrogen-bond acceptors (Lipinski definition) is 5. The van der Waals surface area contributed by atoms with E-state index in [1.165, 1.54) is 0 Å². The zero-order valence-corrected chi connectivity index (χ0v) is 21.0. The van der Waals surface area contributed by atoms with Gasteiger partial charge in [0.1, 0.15) is 17.2 Å². The lowest BCUT2D eigenvalue weighted by Gasteiger charge is -2.07. The van der Waals surface area contributed by atoms with Crippen LogP contribution in [-0.4, -0.2) is 35.1 Å². The number of hydrogen-bond donors (Lipinski definition) is 1. The second kappa shape index (κ2) is 12.2. The van der Waals surface area contributed by atoms with Crippen molar-refractivity contribution in [1.29, 1.82) is 0 Å². The van der Waals surface area contributed by atoms with Gasteiger partial charge in [0.25, 0.3) is 5.91 Å². The van der Waals surface area contributed by atoms with Gasteiger partial charge < -0.3 is 9.47 Å². The predicted octanol–water partition coefficient (Wildman–Crippen LogP) is 6.16. The third-order valence-corrected chi connectivity index (χ3v) is 5.54. The van der Waals surface area contributed by atoms with E-state index in [1.807, 2.05) is 60.8 Å². The maximum Gasteiger partial charge on any atom is 0.277 e. The number of carbonyl (C=O) groups excluding carboxylic acids is 1. The summed E-state index contributed by atoms with van der Waals surface area (Å²) in [5, 5.41) is 9.66. The summed E-state index contributed by atoms with van der Waals surface area (Å²) in [4.78, 5) is 12.2. The number of rotatable bonds is 10. The first-order valence-electron chi connectivity index (χ1n) is 11.3. The Morgan fingerprint density at radius 1 is 1.06 bits per heavy atom. The molecule has 36 heavy (non-hydrogen) atoms. The summed E-state index contributed by atoms with van der Waals surface area (Å²) < 4.78 is 12.9. The molecule has 1 N–H and O–H groups in total. The summed E-state index contributed by atoms with van der Waals surface area (Å²) in [5.74, 6) is 0.719. The first-order chi connectivity index (χ1) is 17.5. The van der Waals surface area contributed by atoms with E-state index in [0.717, 1.165) is 29.0 Å². The zero-order valence-electron chi connectivity index (χ0n) is 19.5. The normalized spacial score (nSPS) is 11.0. The molecule has 1 aromatic heterocycles. The SMILES string of the molecule is CCCOc1ccc(-c2nn(-c3ccccc3)cc2/C=N/NC(=O)COc2ccc(Cl)cc2Cl)cc1. The molecule has 9 heteroatoms. The third kappa shape index (κ3) is 6.65. The molecule has 1 amide bonds. The number of amides is 1. The highest BCUT2D eigenvalue weighted by atomic mass is 35.5. The number of benzene rings is 3. The average Bonchev–Trinajstić information content (AvgIpc) is 3.32. The molecule has 0 bridgehead atoms. The lowest BCUT2D eigenvalue weighted by atomic mass is 10.1. The van der Waals surface area contributed by atoms with Crippen molar-refractivity contribution in [2.75, 3.05) is 13.2 Å². The highest BCUT2D eigenvalue weighted by molar-refractivity contribution is 6.35. The minimum absolute atomic E-state index is 0.256. The van der Waals surface area contributed by atoms with Crippen molar-refractivity contribution in [2.45, 2.75) is 13.3 Å². The zero-order chi connectivity index (χ0) is 25.3. The summed E-state index contributed by atoms with van der Waals surface area (Å²) in [6, 6.07) is 22.2. The first-order valence-corrected chi connectivity index (χ1v) is 12.1. The van der Waals surface area contributed by atoms with Crippen molar-refractivity contribution < 1.29 is 14.3 Å². The Hall–Kier alpha value is -3.81. The minimum Gasteiger partial charge on any atom is -0.494 e. The minimum atomic E-state index is -0.438. The van der Waals surface area contributed by atoms with E-state index in [9.17, 15) is 4.79 Å². The van der Waals surface area contributed by atoms with E-state index in [0.29, 0.717) is 28.1 Å². The van der Waals surface area contributed by atoms with Crippen LogP contribution in [0.3, 0.4) is 0 Å². The van der Waals surface area contributed by atoms with Crippen molar-refractivity contribution in [3.05, 3.63) is 94.6 Å². The fourth-order valence-corrected chi connectivity index (χ4v) is 3.75. The summed E-state index contributed by atoms with van der Waals surface area (Å²) >= 11 is 12.0. The molecule has 0 aliphatic heterocycles. The highest BCUT2D eigenvalue weighted by Gasteiger charge is 2.12. The van der Waals surface area contributed by atoms with Gasteiger partial charge in [0.15, 0.2) is 6.61 Å². The van der Waals surface area contributed by atoms with Crippen molar-refractivity contribution in [1.82, 2.24) is 15.2 Å². The molecule has 0 saturated carbocycles. The Morgan fingerprint density at radius 2 is 1.83 bits per heavy atom. The van der Waals surface area contributed by atoms with Crippen LogP contribution in [0.25, 0.3) is 16.9 Å². The maximum absolute atomic E-state index is 12.2. The fraction of sp³-hybridized carbons (Fsp3) is 0.148. The molecule has 0 aliphatic carbocycles. The molecule has 7 nitrogen and oxygen atoms in total. The third-order valence-electron chi connectivity index (χ3n) is 5.01. The number of hydrazone groups is 1. The Kier molecular flexibility index (Phi) is 8.60. The molecular formula is C27H24Cl2N4O3. The topological polar surface area (TPSA) is 77.7 Å². The molecule has 3 aromatic carbocycles. The van der Waals surface area contributed by atoms with Gasteiger partial charge in [-0.3, -0.25) is 4.79 Å². The first kappa shape index (κ1) is 25.3. The van der Waals surface area contributed by atoms with E-state index in [2.05, 4.69) is 17.5 Å². The fourth-order valence-electron chi connectivity index (χ4n) is 3.29. The molecule has 0 atom stereocenters. The van der Waals surface area contributed by atoms with Gasteiger partial charge >= 0.3 is 0 Å². The molecule has 0 spiro atoms. The largest absolute Gasteiger partial charge is 0.494 e. The second-order valence-electron chi connectivity index (χ2n) is 7.74. The van der Waals surface area contributed by atoms with Crippen molar-refractivity contribution in [2.24, 2.45) is 5.10 Å². The highest BCUT2D eigenvalue weighted by Crippen LogP contribution is 2.27. The molecule has 4 aromatic rings. The average molecular weight is 523 g/mol. The summed E-state index contributed by atoms with van der Waals surface area (Å²) in [6.07, 6.45) is 4.34. The maximum atomic E-state index is 12.2. The van der Waals surface area contributed by atoms with Gasteiger partial charge in [-0.05, 0) is 61.0 Å². The second-order valence-corrected chi connectivity index (χ2v) is 8.59. The Morgan fingerprint density at radius 3 is 2.56 bits per heavy atom. The van der Waals surface area contributed by atoms with E-state index >= 15 is 0 Å². The molecule has 0 aliphatic rings. The Labute approximate surface area is 219 Å². The van der Waals surface area contributed by atoms with Crippen LogP contribution in [0.15, 0.2) is 84.1 Å². The molecule has 0 fully saturated rings. The van der Waals surface area contributed by atoms with Gasteiger partial charge in [0.2, 0.25) is 0 Å². The summed E-state index contributed by atoms with van der Waals surface area (Å²) in [7, 11) is 0. The number of ether oxygens (including phenoxy) is 2. The Balaban J connectivity index is 1.49. The summed E-state index contributed by atoms with van der Waals surface area (Å²) in [6.45, 7) is 2.47. The number of nitrogens with one attached hydrogen (secondary N) is 1. The van der Waals surface area contributed by atoms with Gasteiger partial charge in [-0.2, -0.15) is 10.2 Å². The van der Waals surface area contributed by atoms with Gasteiger partial charge in [-0.25, -0.2) is 10.1 Å². The smallest absolute Gasteiger partial charge is 0.277 e. The van der Waals surface area contributed by atoms with E-state index in [-0.39, 0.29) is 6.61 Å².